The van der Waals surface area contributed by atoms with Crippen molar-refractivity contribution in [3.8, 4) is 0 Å². The van der Waals surface area contributed by atoms with Crippen LogP contribution in [0, 0.1) is 0 Å². The molecule has 0 aliphatic rings. The van der Waals surface area contributed by atoms with Crippen LogP contribution >= 0.6 is 11.8 Å². The number of carbonyl (C=O) groups excluding carboxylic acids is 1. The molecule has 19 heavy (non-hydrogen) atoms. The van der Waals surface area contributed by atoms with Crippen molar-refractivity contribution in [1.82, 2.24) is 0 Å². The number of esters is 1. The first-order chi connectivity index (χ1) is 9.31. The molecule has 0 unspecified atom stereocenters. The Kier molecular flexibility index (Phi) is 15.7. The van der Waals surface area contributed by atoms with Crippen LogP contribution in [0.4, 0.5) is 0 Å². The molecule has 0 aromatic heterocycles. The normalized spacial score (nSPS) is 10.6. The lowest BCUT2D eigenvalue weighted by Gasteiger charge is -2.03. The van der Waals surface area contributed by atoms with Crippen LogP contribution in [0.3, 0.4) is 0 Å². The number of unbranched alkanes of at least 4 members (excludes halogenated alkanes) is 8. The van der Waals surface area contributed by atoms with E-state index in [1.165, 1.54) is 70.0 Å². The van der Waals surface area contributed by atoms with Crippen molar-refractivity contribution in [1.29, 1.82) is 0 Å². The molecule has 0 radical (unpaired) electrons. The molecule has 2 nitrogen and oxygen atoms in total. The standard InChI is InChI=1S/C16H32O2S/c1-3-4-5-8-11-14-19-15-12-9-6-7-10-13-16(17)18-2/h3-15H2,1-2H3. The molecule has 0 aliphatic carbocycles. The Bertz CT molecular complexity index is 195. The smallest absolute Gasteiger partial charge is 0.305 e. The molecule has 0 fully saturated rings. The molecule has 0 atom stereocenters. The second-order valence-electron chi connectivity index (χ2n) is 5.12. The molecule has 0 saturated heterocycles. The fourth-order valence-corrected chi connectivity index (χ4v) is 3.04. The van der Waals surface area contributed by atoms with Crippen LogP contribution in [-0.4, -0.2) is 24.6 Å². The van der Waals surface area contributed by atoms with Gasteiger partial charge in [0.1, 0.15) is 0 Å². The predicted octanol–water partition coefficient (Wildman–Crippen LogP) is 5.20. The predicted molar refractivity (Wildman–Crippen MR) is 85.8 cm³/mol. The van der Waals surface area contributed by atoms with Crippen LogP contribution in [0.5, 0.6) is 0 Å². The molecule has 0 N–H and O–H groups in total. The molecule has 0 aromatic rings. The molecule has 0 heterocycles. The summed E-state index contributed by atoms with van der Waals surface area (Å²) in [4.78, 5) is 10.9. The molecule has 114 valence electrons. The van der Waals surface area contributed by atoms with E-state index < -0.39 is 0 Å². The minimum absolute atomic E-state index is 0.0707. The topological polar surface area (TPSA) is 26.3 Å². The van der Waals surface area contributed by atoms with Crippen LogP contribution < -0.4 is 0 Å². The molecule has 0 aromatic carbocycles. The monoisotopic (exact) mass is 288 g/mol. The lowest BCUT2D eigenvalue weighted by molar-refractivity contribution is -0.140. The zero-order chi connectivity index (χ0) is 14.2. The Morgan fingerprint density at radius 3 is 1.95 bits per heavy atom. The average Bonchev–Trinajstić information content (AvgIpc) is 2.43. The van der Waals surface area contributed by atoms with Crippen molar-refractivity contribution in [2.24, 2.45) is 0 Å². The minimum Gasteiger partial charge on any atom is -0.469 e. The molecule has 0 amide bonds. The molecule has 3 heteroatoms. The summed E-state index contributed by atoms with van der Waals surface area (Å²) in [6.45, 7) is 2.26. The Morgan fingerprint density at radius 2 is 1.37 bits per heavy atom. The quantitative estimate of drug-likeness (QED) is 0.324. The second-order valence-corrected chi connectivity index (χ2v) is 6.35. The maximum absolute atomic E-state index is 10.9. The highest BCUT2D eigenvalue weighted by molar-refractivity contribution is 7.99. The van der Waals surface area contributed by atoms with Gasteiger partial charge in [0.05, 0.1) is 7.11 Å². The lowest BCUT2D eigenvalue weighted by Crippen LogP contribution is -1.99. The van der Waals surface area contributed by atoms with Crippen LogP contribution in [0.25, 0.3) is 0 Å². The first-order valence-electron chi connectivity index (χ1n) is 7.95. The van der Waals surface area contributed by atoms with Gasteiger partial charge in [0, 0.05) is 6.42 Å². The summed E-state index contributed by atoms with van der Waals surface area (Å²) in [6, 6.07) is 0. The highest BCUT2D eigenvalue weighted by Gasteiger charge is 1.99. The Balaban J connectivity index is 2.97. The average molecular weight is 288 g/mol. The molecule has 0 saturated carbocycles. The summed E-state index contributed by atoms with van der Waals surface area (Å²) in [7, 11) is 1.46. The summed E-state index contributed by atoms with van der Waals surface area (Å²) in [5, 5.41) is 0. The minimum atomic E-state index is -0.0707. The van der Waals surface area contributed by atoms with Gasteiger partial charge < -0.3 is 4.74 Å². The maximum atomic E-state index is 10.9. The number of hydrogen-bond donors (Lipinski definition) is 0. The molecule has 0 rings (SSSR count). The zero-order valence-corrected chi connectivity index (χ0v) is 13.7. The van der Waals surface area contributed by atoms with Crippen molar-refractivity contribution < 1.29 is 9.53 Å². The van der Waals surface area contributed by atoms with Crippen LogP contribution in [0.2, 0.25) is 0 Å². The summed E-state index contributed by atoms with van der Waals surface area (Å²) >= 11 is 2.11. The van der Waals surface area contributed by atoms with E-state index in [0.29, 0.717) is 6.42 Å². The number of ether oxygens (including phenoxy) is 1. The third-order valence-corrected chi connectivity index (χ3v) is 4.44. The Hall–Kier alpha value is -0.180. The van der Waals surface area contributed by atoms with E-state index in [0.717, 1.165) is 12.8 Å². The highest BCUT2D eigenvalue weighted by atomic mass is 32.2. The van der Waals surface area contributed by atoms with Crippen molar-refractivity contribution in [3.63, 3.8) is 0 Å². The van der Waals surface area contributed by atoms with Gasteiger partial charge in [0.15, 0.2) is 0 Å². The van der Waals surface area contributed by atoms with Gasteiger partial charge in [-0.1, -0.05) is 51.9 Å². The van der Waals surface area contributed by atoms with Crippen molar-refractivity contribution in [3.05, 3.63) is 0 Å². The van der Waals surface area contributed by atoms with Gasteiger partial charge in [-0.2, -0.15) is 11.8 Å². The van der Waals surface area contributed by atoms with Crippen LogP contribution in [0.1, 0.15) is 77.6 Å². The van der Waals surface area contributed by atoms with Gasteiger partial charge in [-0.15, -0.1) is 0 Å². The van der Waals surface area contributed by atoms with Gasteiger partial charge in [0.25, 0.3) is 0 Å². The number of carbonyl (C=O) groups is 1. The largest absolute Gasteiger partial charge is 0.469 e. The molecular formula is C16H32O2S. The van der Waals surface area contributed by atoms with E-state index in [4.69, 9.17) is 0 Å². The molecular weight excluding hydrogens is 256 g/mol. The first-order valence-corrected chi connectivity index (χ1v) is 9.11. The summed E-state index contributed by atoms with van der Waals surface area (Å²) in [5.74, 6) is 2.58. The van der Waals surface area contributed by atoms with E-state index in [2.05, 4.69) is 23.4 Å². The fourth-order valence-electron chi connectivity index (χ4n) is 2.02. The first kappa shape index (κ1) is 18.8. The molecule has 0 aliphatic heterocycles. The number of thioether (sulfide) groups is 1. The number of rotatable bonds is 14. The van der Waals surface area contributed by atoms with Crippen molar-refractivity contribution >= 4 is 17.7 Å². The maximum Gasteiger partial charge on any atom is 0.305 e. The highest BCUT2D eigenvalue weighted by Crippen LogP contribution is 2.12. The summed E-state index contributed by atoms with van der Waals surface area (Å²) in [6.07, 6.45) is 13.6. The number of hydrogen-bond acceptors (Lipinski definition) is 3. The van der Waals surface area contributed by atoms with E-state index in [-0.39, 0.29) is 5.97 Å². The number of methoxy groups -OCH3 is 1. The Labute approximate surface area is 124 Å². The third-order valence-electron chi connectivity index (χ3n) is 3.29. The van der Waals surface area contributed by atoms with Crippen molar-refractivity contribution in [2.45, 2.75) is 77.6 Å². The lowest BCUT2D eigenvalue weighted by atomic mass is 10.1. The Morgan fingerprint density at radius 1 is 0.842 bits per heavy atom. The van der Waals surface area contributed by atoms with E-state index >= 15 is 0 Å². The van der Waals surface area contributed by atoms with Crippen LogP contribution in [0.15, 0.2) is 0 Å². The second kappa shape index (κ2) is 15.9. The molecule has 0 bridgehead atoms. The van der Waals surface area contributed by atoms with E-state index in [1.807, 2.05) is 0 Å². The summed E-state index contributed by atoms with van der Waals surface area (Å²) < 4.78 is 4.61. The van der Waals surface area contributed by atoms with Gasteiger partial charge in [0.2, 0.25) is 0 Å². The fraction of sp³-hybridized carbons (Fsp3) is 0.938. The van der Waals surface area contributed by atoms with Gasteiger partial charge in [-0.25, -0.2) is 0 Å². The van der Waals surface area contributed by atoms with E-state index in [1.54, 1.807) is 0 Å². The SMILES string of the molecule is CCCCCCCSCCCCCCCC(=O)OC. The molecule has 0 spiro atoms. The van der Waals surface area contributed by atoms with Crippen LogP contribution in [-0.2, 0) is 9.53 Å². The van der Waals surface area contributed by atoms with Gasteiger partial charge in [-0.05, 0) is 30.8 Å². The van der Waals surface area contributed by atoms with E-state index in [9.17, 15) is 4.79 Å². The van der Waals surface area contributed by atoms with Crippen molar-refractivity contribution in [2.75, 3.05) is 18.6 Å². The summed E-state index contributed by atoms with van der Waals surface area (Å²) in [5.41, 5.74) is 0. The zero-order valence-electron chi connectivity index (χ0n) is 12.9. The third kappa shape index (κ3) is 15.8. The van der Waals surface area contributed by atoms with Gasteiger partial charge >= 0.3 is 5.97 Å². The van der Waals surface area contributed by atoms with Gasteiger partial charge in [-0.3, -0.25) is 4.79 Å².